The zero-order valence-electron chi connectivity index (χ0n) is 12.8. The Kier molecular flexibility index (Phi) is 5.60. The molecule has 0 saturated heterocycles. The molecule has 0 fully saturated rings. The standard InChI is InChI=1S/C17H23BrN2S/c1-13(16-5-4-10-21-16)20(3)17(2,12-19)11-14-6-8-15(18)9-7-14/h4-10,13H,11-12,19H2,1-3H3. The van der Waals surface area contributed by atoms with Gasteiger partial charge in [0.25, 0.3) is 0 Å². The van der Waals surface area contributed by atoms with E-state index in [1.807, 2.05) is 0 Å². The monoisotopic (exact) mass is 366 g/mol. The van der Waals surface area contributed by atoms with E-state index in [0.717, 1.165) is 10.9 Å². The van der Waals surface area contributed by atoms with Crippen LogP contribution in [0.1, 0.15) is 30.3 Å². The largest absolute Gasteiger partial charge is 0.329 e. The van der Waals surface area contributed by atoms with Gasteiger partial charge in [0.1, 0.15) is 0 Å². The number of likely N-dealkylation sites (N-methyl/N-ethyl adjacent to an activating group) is 1. The van der Waals surface area contributed by atoms with Crippen LogP contribution < -0.4 is 5.73 Å². The third-order valence-electron chi connectivity index (χ3n) is 4.33. The van der Waals surface area contributed by atoms with E-state index in [1.165, 1.54) is 10.4 Å². The predicted octanol–water partition coefficient (Wildman–Crippen LogP) is 4.46. The van der Waals surface area contributed by atoms with Crippen LogP contribution >= 0.6 is 27.3 Å². The highest BCUT2D eigenvalue weighted by molar-refractivity contribution is 9.10. The van der Waals surface area contributed by atoms with Crippen molar-refractivity contribution < 1.29 is 0 Å². The molecule has 1 heterocycles. The molecule has 2 N–H and O–H groups in total. The highest BCUT2D eigenvalue weighted by Crippen LogP contribution is 2.31. The zero-order valence-corrected chi connectivity index (χ0v) is 15.2. The maximum Gasteiger partial charge on any atom is 0.0416 e. The molecule has 2 atom stereocenters. The fraction of sp³-hybridized carbons (Fsp3) is 0.412. The molecule has 0 aliphatic carbocycles. The van der Waals surface area contributed by atoms with Gasteiger partial charge in [-0.15, -0.1) is 11.3 Å². The Labute approximate surface area is 140 Å². The summed E-state index contributed by atoms with van der Waals surface area (Å²) >= 11 is 5.29. The molecule has 1 aromatic heterocycles. The van der Waals surface area contributed by atoms with Gasteiger partial charge in [-0.1, -0.05) is 34.1 Å². The summed E-state index contributed by atoms with van der Waals surface area (Å²) < 4.78 is 1.11. The molecule has 4 heteroatoms. The number of halogens is 1. The fourth-order valence-electron chi connectivity index (χ4n) is 2.57. The van der Waals surface area contributed by atoms with Crippen molar-refractivity contribution in [2.75, 3.05) is 13.6 Å². The lowest BCUT2D eigenvalue weighted by molar-refractivity contribution is 0.102. The summed E-state index contributed by atoms with van der Waals surface area (Å²) in [5, 5.41) is 2.13. The van der Waals surface area contributed by atoms with E-state index in [1.54, 1.807) is 11.3 Å². The van der Waals surface area contributed by atoms with E-state index in [-0.39, 0.29) is 5.54 Å². The first-order chi connectivity index (χ1) is 9.96. The Bertz CT molecular complexity index is 553. The van der Waals surface area contributed by atoms with Crippen LogP contribution in [-0.2, 0) is 6.42 Å². The Balaban J connectivity index is 2.17. The normalized spacial score (nSPS) is 15.9. The third kappa shape index (κ3) is 3.95. The summed E-state index contributed by atoms with van der Waals surface area (Å²) in [6.07, 6.45) is 0.947. The molecule has 2 unspecified atom stereocenters. The van der Waals surface area contributed by atoms with Gasteiger partial charge >= 0.3 is 0 Å². The smallest absolute Gasteiger partial charge is 0.0416 e. The lowest BCUT2D eigenvalue weighted by Crippen LogP contribution is -2.52. The molecule has 114 valence electrons. The molecule has 0 aliphatic rings. The molecule has 2 rings (SSSR count). The number of hydrogen-bond acceptors (Lipinski definition) is 3. The fourth-order valence-corrected chi connectivity index (χ4v) is 3.66. The summed E-state index contributed by atoms with van der Waals surface area (Å²) in [6, 6.07) is 13.2. The SMILES string of the molecule is CC(c1cccs1)N(C)C(C)(CN)Cc1ccc(Br)cc1. The molecular weight excluding hydrogens is 344 g/mol. The molecule has 0 radical (unpaired) electrons. The Morgan fingerprint density at radius 2 is 1.95 bits per heavy atom. The van der Waals surface area contributed by atoms with Crippen molar-refractivity contribution in [2.24, 2.45) is 5.73 Å². The van der Waals surface area contributed by atoms with E-state index in [9.17, 15) is 0 Å². The zero-order chi connectivity index (χ0) is 15.5. The first-order valence-electron chi connectivity index (χ1n) is 7.17. The van der Waals surface area contributed by atoms with Gasteiger partial charge in [0.05, 0.1) is 0 Å². The average Bonchev–Trinajstić information content (AvgIpc) is 3.02. The van der Waals surface area contributed by atoms with E-state index < -0.39 is 0 Å². The van der Waals surface area contributed by atoms with Crippen molar-refractivity contribution in [3.05, 3.63) is 56.7 Å². The van der Waals surface area contributed by atoms with Gasteiger partial charge in [0.15, 0.2) is 0 Å². The summed E-state index contributed by atoms with van der Waals surface area (Å²) in [7, 11) is 2.18. The molecule has 2 nitrogen and oxygen atoms in total. The van der Waals surface area contributed by atoms with Crippen LogP contribution in [0.25, 0.3) is 0 Å². The predicted molar refractivity (Wildman–Crippen MR) is 95.8 cm³/mol. The van der Waals surface area contributed by atoms with Crippen LogP contribution in [0.2, 0.25) is 0 Å². The van der Waals surface area contributed by atoms with Crippen molar-refractivity contribution in [2.45, 2.75) is 31.8 Å². The molecule has 0 bridgehead atoms. The van der Waals surface area contributed by atoms with E-state index in [4.69, 9.17) is 5.73 Å². The molecule has 0 saturated carbocycles. The Hall–Kier alpha value is -0.680. The second-order valence-electron chi connectivity index (χ2n) is 5.81. The van der Waals surface area contributed by atoms with Gasteiger partial charge < -0.3 is 5.73 Å². The summed E-state index contributed by atoms with van der Waals surface area (Å²) in [4.78, 5) is 3.79. The van der Waals surface area contributed by atoms with Crippen molar-refractivity contribution in [3.63, 3.8) is 0 Å². The maximum absolute atomic E-state index is 6.13. The molecule has 21 heavy (non-hydrogen) atoms. The van der Waals surface area contributed by atoms with Crippen LogP contribution in [-0.4, -0.2) is 24.0 Å². The molecule has 0 spiro atoms. The van der Waals surface area contributed by atoms with E-state index in [0.29, 0.717) is 12.6 Å². The molecule has 0 amide bonds. The number of benzene rings is 1. The van der Waals surface area contributed by atoms with E-state index in [2.05, 4.69) is 83.5 Å². The summed E-state index contributed by atoms with van der Waals surface area (Å²) in [6.45, 7) is 5.13. The van der Waals surface area contributed by atoms with E-state index >= 15 is 0 Å². The number of hydrogen-bond donors (Lipinski definition) is 1. The van der Waals surface area contributed by atoms with Gasteiger partial charge in [-0.25, -0.2) is 0 Å². The maximum atomic E-state index is 6.13. The van der Waals surface area contributed by atoms with Crippen molar-refractivity contribution in [1.82, 2.24) is 4.90 Å². The quantitative estimate of drug-likeness (QED) is 0.817. The van der Waals surface area contributed by atoms with Gasteiger partial charge in [0, 0.05) is 27.5 Å². The minimum absolute atomic E-state index is 0.0583. The first kappa shape index (κ1) is 16.7. The minimum Gasteiger partial charge on any atom is -0.329 e. The lowest BCUT2D eigenvalue weighted by Gasteiger charge is -2.42. The highest BCUT2D eigenvalue weighted by Gasteiger charge is 2.32. The van der Waals surface area contributed by atoms with Crippen LogP contribution in [0.4, 0.5) is 0 Å². The van der Waals surface area contributed by atoms with Crippen LogP contribution in [0, 0.1) is 0 Å². The first-order valence-corrected chi connectivity index (χ1v) is 8.84. The number of nitrogens with zero attached hydrogens (tertiary/aromatic N) is 1. The second kappa shape index (κ2) is 7.05. The molecular formula is C17H23BrN2S. The summed E-state index contributed by atoms with van der Waals surface area (Å²) in [5.74, 6) is 0. The highest BCUT2D eigenvalue weighted by atomic mass is 79.9. The van der Waals surface area contributed by atoms with Crippen LogP contribution in [0.3, 0.4) is 0 Å². The van der Waals surface area contributed by atoms with Crippen LogP contribution in [0.15, 0.2) is 46.3 Å². The number of thiophene rings is 1. The topological polar surface area (TPSA) is 29.3 Å². The summed E-state index contributed by atoms with van der Waals surface area (Å²) in [5.41, 5.74) is 7.39. The van der Waals surface area contributed by atoms with Crippen molar-refractivity contribution in [3.8, 4) is 0 Å². The lowest BCUT2D eigenvalue weighted by atomic mass is 9.90. The van der Waals surface area contributed by atoms with Gasteiger partial charge in [-0.05, 0) is 56.5 Å². The average molecular weight is 367 g/mol. The second-order valence-corrected chi connectivity index (χ2v) is 7.70. The van der Waals surface area contributed by atoms with Crippen LogP contribution in [0.5, 0.6) is 0 Å². The Morgan fingerprint density at radius 3 is 2.48 bits per heavy atom. The van der Waals surface area contributed by atoms with Gasteiger partial charge in [-0.3, -0.25) is 4.90 Å². The third-order valence-corrected chi connectivity index (χ3v) is 5.90. The minimum atomic E-state index is -0.0583. The van der Waals surface area contributed by atoms with Crippen molar-refractivity contribution in [1.29, 1.82) is 0 Å². The molecule has 1 aromatic carbocycles. The van der Waals surface area contributed by atoms with Crippen molar-refractivity contribution >= 4 is 27.3 Å². The molecule has 0 aliphatic heterocycles. The number of nitrogens with two attached hydrogens (primary N) is 1. The van der Waals surface area contributed by atoms with Gasteiger partial charge in [-0.2, -0.15) is 0 Å². The Morgan fingerprint density at radius 1 is 1.29 bits per heavy atom. The molecule has 2 aromatic rings. The van der Waals surface area contributed by atoms with Gasteiger partial charge in [0.2, 0.25) is 0 Å². The number of rotatable bonds is 6.